The molecule has 6 heteroatoms. The van der Waals surface area contributed by atoms with Gasteiger partial charge in [0.05, 0.1) is 23.0 Å². The van der Waals surface area contributed by atoms with Crippen LogP contribution in [-0.2, 0) is 6.54 Å². The summed E-state index contributed by atoms with van der Waals surface area (Å²) in [6.07, 6.45) is 1.09. The van der Waals surface area contributed by atoms with E-state index in [1.807, 2.05) is 66.2 Å². The summed E-state index contributed by atoms with van der Waals surface area (Å²) in [7, 11) is 0. The van der Waals surface area contributed by atoms with Crippen molar-refractivity contribution in [3.8, 4) is 11.8 Å². The Morgan fingerprint density at radius 3 is 2.45 bits per heavy atom. The number of aromatic nitrogens is 2. The van der Waals surface area contributed by atoms with Gasteiger partial charge in [-0.25, -0.2) is 4.68 Å². The van der Waals surface area contributed by atoms with Crippen LogP contribution in [0.15, 0.2) is 54.6 Å². The smallest absolute Gasteiger partial charge is 0.137 e. The van der Waals surface area contributed by atoms with Crippen LogP contribution in [0.2, 0.25) is 5.15 Å². The zero-order valence-corrected chi connectivity index (χ0v) is 17.3. The van der Waals surface area contributed by atoms with Crippen molar-refractivity contribution in [1.82, 2.24) is 14.7 Å². The molecule has 0 amide bonds. The third-order valence-corrected chi connectivity index (χ3v) is 5.84. The van der Waals surface area contributed by atoms with Gasteiger partial charge in [0.2, 0.25) is 0 Å². The first-order valence-electron chi connectivity index (χ1n) is 9.92. The maximum Gasteiger partial charge on any atom is 0.137 e. The van der Waals surface area contributed by atoms with Crippen LogP contribution >= 0.6 is 11.6 Å². The molecule has 1 saturated heterocycles. The lowest BCUT2D eigenvalue weighted by Crippen LogP contribution is -2.30. The first-order chi connectivity index (χ1) is 14.2. The maximum atomic E-state index is 8.99. The molecule has 0 spiro atoms. The Morgan fingerprint density at radius 2 is 1.72 bits per heavy atom. The van der Waals surface area contributed by atoms with E-state index in [-0.39, 0.29) is 0 Å². The van der Waals surface area contributed by atoms with Gasteiger partial charge in [0.1, 0.15) is 5.15 Å². The summed E-state index contributed by atoms with van der Waals surface area (Å²) in [6, 6.07) is 20.1. The number of rotatable bonds is 4. The fourth-order valence-electron chi connectivity index (χ4n) is 3.81. The van der Waals surface area contributed by atoms with E-state index < -0.39 is 0 Å². The number of hydrogen-bond donors (Lipinski definition) is 0. The van der Waals surface area contributed by atoms with Crippen molar-refractivity contribution in [1.29, 1.82) is 5.26 Å². The first kappa shape index (κ1) is 19.5. The molecule has 2 aromatic carbocycles. The number of benzene rings is 2. The Hall–Kier alpha value is -2.81. The fraction of sp³-hybridized carbons (Fsp3) is 0.304. The molecule has 3 aromatic rings. The predicted octanol–water partition coefficient (Wildman–Crippen LogP) is 4.42. The van der Waals surface area contributed by atoms with E-state index in [2.05, 4.69) is 21.0 Å². The first-order valence-corrected chi connectivity index (χ1v) is 10.3. The van der Waals surface area contributed by atoms with Crippen LogP contribution in [0.4, 0.5) is 5.69 Å². The molecule has 0 unspecified atom stereocenters. The van der Waals surface area contributed by atoms with Gasteiger partial charge in [-0.15, -0.1) is 0 Å². The number of para-hydroxylation sites is 1. The molecule has 4 rings (SSSR count). The fourth-order valence-corrected chi connectivity index (χ4v) is 4.14. The lowest BCUT2D eigenvalue weighted by atomic mass is 10.2. The average Bonchev–Trinajstić information content (AvgIpc) is 2.92. The third kappa shape index (κ3) is 4.29. The molecular weight excluding hydrogens is 382 g/mol. The van der Waals surface area contributed by atoms with Crippen LogP contribution < -0.4 is 4.90 Å². The zero-order chi connectivity index (χ0) is 20.2. The minimum absolute atomic E-state index is 0.696. The second-order valence-corrected chi connectivity index (χ2v) is 7.74. The Labute approximate surface area is 176 Å². The van der Waals surface area contributed by atoms with Crippen LogP contribution in [0.3, 0.4) is 0 Å². The normalized spacial score (nSPS) is 15.1. The molecule has 29 heavy (non-hydrogen) atoms. The topological polar surface area (TPSA) is 48.1 Å². The van der Waals surface area contributed by atoms with E-state index in [9.17, 15) is 0 Å². The Morgan fingerprint density at radius 1 is 0.966 bits per heavy atom. The van der Waals surface area contributed by atoms with Gasteiger partial charge in [-0.05, 0) is 49.7 Å². The van der Waals surface area contributed by atoms with Crippen molar-refractivity contribution in [3.63, 3.8) is 0 Å². The number of hydrogen-bond acceptors (Lipinski definition) is 4. The summed E-state index contributed by atoms with van der Waals surface area (Å²) in [5.74, 6) is 0. The lowest BCUT2D eigenvalue weighted by molar-refractivity contribution is 0.285. The van der Waals surface area contributed by atoms with E-state index in [1.54, 1.807) is 0 Å². The predicted molar refractivity (Wildman–Crippen MR) is 117 cm³/mol. The molecule has 5 nitrogen and oxygen atoms in total. The molecule has 1 aliphatic rings. The third-order valence-electron chi connectivity index (χ3n) is 5.45. The highest BCUT2D eigenvalue weighted by molar-refractivity contribution is 6.30. The Kier molecular flexibility index (Phi) is 5.84. The Balaban J connectivity index is 1.45. The van der Waals surface area contributed by atoms with Gasteiger partial charge in [-0.2, -0.15) is 10.4 Å². The van der Waals surface area contributed by atoms with Gasteiger partial charge in [-0.3, -0.25) is 4.90 Å². The number of aryl methyl sites for hydroxylation is 1. The molecule has 0 saturated carbocycles. The number of halogens is 1. The quantitative estimate of drug-likeness (QED) is 0.644. The van der Waals surface area contributed by atoms with Crippen molar-refractivity contribution in [2.45, 2.75) is 19.9 Å². The second-order valence-electron chi connectivity index (χ2n) is 7.38. The molecule has 1 aliphatic heterocycles. The van der Waals surface area contributed by atoms with E-state index in [0.717, 1.165) is 56.1 Å². The molecule has 0 aliphatic carbocycles. The molecule has 2 heterocycles. The van der Waals surface area contributed by atoms with E-state index >= 15 is 0 Å². The largest absolute Gasteiger partial charge is 0.370 e. The standard InChI is InChI=1S/C23H24ClN5/c1-18-22(23(24)29(26-18)21-6-3-2-4-7-21)17-27-12-5-13-28(15-14-27)20-10-8-19(16-25)9-11-20/h2-4,6-11H,5,12-15,17H2,1H3. The highest BCUT2D eigenvalue weighted by Crippen LogP contribution is 2.26. The highest BCUT2D eigenvalue weighted by atomic mass is 35.5. The second kappa shape index (κ2) is 8.69. The molecule has 0 atom stereocenters. The molecule has 1 fully saturated rings. The molecule has 1 aromatic heterocycles. The Bertz CT molecular complexity index is 1000. The van der Waals surface area contributed by atoms with Crippen LogP contribution in [0.25, 0.3) is 5.69 Å². The highest BCUT2D eigenvalue weighted by Gasteiger charge is 2.20. The van der Waals surface area contributed by atoms with Gasteiger partial charge in [-0.1, -0.05) is 29.8 Å². The summed E-state index contributed by atoms with van der Waals surface area (Å²) in [4.78, 5) is 4.85. The zero-order valence-electron chi connectivity index (χ0n) is 16.6. The van der Waals surface area contributed by atoms with Crippen molar-refractivity contribution >= 4 is 17.3 Å². The van der Waals surface area contributed by atoms with Crippen LogP contribution in [0.5, 0.6) is 0 Å². The molecule has 148 valence electrons. The number of anilines is 1. The SMILES string of the molecule is Cc1nn(-c2ccccc2)c(Cl)c1CN1CCCN(c2ccc(C#N)cc2)CC1. The number of nitrogens with zero attached hydrogens (tertiary/aromatic N) is 5. The van der Waals surface area contributed by atoms with Gasteiger partial charge >= 0.3 is 0 Å². The monoisotopic (exact) mass is 405 g/mol. The van der Waals surface area contributed by atoms with Crippen molar-refractivity contribution in [3.05, 3.63) is 76.6 Å². The number of nitriles is 1. The average molecular weight is 406 g/mol. The van der Waals surface area contributed by atoms with Crippen molar-refractivity contribution in [2.24, 2.45) is 0 Å². The van der Waals surface area contributed by atoms with Gasteiger partial charge in [0.15, 0.2) is 0 Å². The maximum absolute atomic E-state index is 8.99. The van der Waals surface area contributed by atoms with Crippen molar-refractivity contribution < 1.29 is 0 Å². The molecule has 0 N–H and O–H groups in total. The van der Waals surface area contributed by atoms with Crippen LogP contribution in [0.1, 0.15) is 23.2 Å². The molecule has 0 bridgehead atoms. The van der Waals surface area contributed by atoms with Crippen molar-refractivity contribution in [2.75, 3.05) is 31.1 Å². The van der Waals surface area contributed by atoms with E-state index in [0.29, 0.717) is 10.7 Å². The van der Waals surface area contributed by atoms with Gasteiger partial charge in [0, 0.05) is 44.0 Å². The van der Waals surface area contributed by atoms with Gasteiger partial charge < -0.3 is 4.90 Å². The van der Waals surface area contributed by atoms with E-state index in [4.69, 9.17) is 16.9 Å². The summed E-state index contributed by atoms with van der Waals surface area (Å²) in [5.41, 5.74) is 4.94. The van der Waals surface area contributed by atoms with Crippen LogP contribution in [0, 0.1) is 18.3 Å². The summed E-state index contributed by atoms with van der Waals surface area (Å²) >= 11 is 6.71. The molecule has 0 radical (unpaired) electrons. The summed E-state index contributed by atoms with van der Waals surface area (Å²) < 4.78 is 1.83. The summed E-state index contributed by atoms with van der Waals surface area (Å²) in [6.45, 7) is 6.79. The minimum Gasteiger partial charge on any atom is -0.370 e. The minimum atomic E-state index is 0.696. The summed E-state index contributed by atoms with van der Waals surface area (Å²) in [5, 5.41) is 14.4. The molecular formula is C23H24ClN5. The van der Waals surface area contributed by atoms with E-state index in [1.165, 1.54) is 5.69 Å². The lowest BCUT2D eigenvalue weighted by Gasteiger charge is -2.23. The van der Waals surface area contributed by atoms with Gasteiger partial charge in [0.25, 0.3) is 0 Å². The van der Waals surface area contributed by atoms with Crippen LogP contribution in [-0.4, -0.2) is 40.9 Å².